The molecule has 4 rings (SSSR count). The number of carboxylic acid groups (broad SMARTS) is 1. The van der Waals surface area contributed by atoms with Gasteiger partial charge in [-0.2, -0.15) is 0 Å². The molecule has 2 aromatic carbocycles. The Hall–Kier alpha value is -3.28. The predicted octanol–water partition coefficient (Wildman–Crippen LogP) is 3.06. The van der Waals surface area contributed by atoms with E-state index in [1.165, 1.54) is 0 Å². The average Bonchev–Trinajstić information content (AvgIpc) is 3.10. The number of carbonyl (C=O) groups excluding carboxylic acids is 1. The van der Waals surface area contributed by atoms with E-state index in [1.807, 2.05) is 24.3 Å². The Balaban J connectivity index is 1.92. The van der Waals surface area contributed by atoms with Gasteiger partial charge in [-0.1, -0.05) is 24.3 Å². The number of nitrogens with one attached hydrogen (secondary N) is 1. The number of fused-ring (bicyclic) bond motifs is 2. The summed E-state index contributed by atoms with van der Waals surface area (Å²) >= 11 is 0. The Morgan fingerprint density at radius 3 is 2.80 bits per heavy atom. The first-order chi connectivity index (χ1) is 12.1. The van der Waals surface area contributed by atoms with Gasteiger partial charge in [-0.3, -0.25) is 9.59 Å². The third kappa shape index (κ3) is 2.42. The van der Waals surface area contributed by atoms with Crippen molar-refractivity contribution in [3.05, 3.63) is 59.2 Å². The molecule has 0 fully saturated rings. The number of benzene rings is 2. The molecule has 0 saturated carbocycles. The summed E-state index contributed by atoms with van der Waals surface area (Å²) in [6.07, 6.45) is -0.819. The molecule has 0 spiro atoms. The fourth-order valence-electron chi connectivity index (χ4n) is 3.26. The lowest BCUT2D eigenvalue weighted by atomic mass is 9.98. The number of carbonyl (C=O) groups is 2. The highest BCUT2D eigenvalue weighted by molar-refractivity contribution is 6.36. The predicted molar refractivity (Wildman–Crippen MR) is 91.0 cm³/mol. The lowest BCUT2D eigenvalue weighted by molar-refractivity contribution is -0.139. The second kappa shape index (κ2) is 5.66. The maximum Gasteiger partial charge on any atom is 0.307 e. The highest BCUT2D eigenvalue weighted by Crippen LogP contribution is 2.47. The number of amides is 1. The summed E-state index contributed by atoms with van der Waals surface area (Å²) in [7, 11) is 1.55. The van der Waals surface area contributed by atoms with Gasteiger partial charge in [0.1, 0.15) is 17.6 Å². The SMILES string of the molecule is COc1ccc2c(c1)C(=C1C(=O)Nc3ccccc31)OC2CC(=O)O. The zero-order chi connectivity index (χ0) is 17.6. The van der Waals surface area contributed by atoms with E-state index in [0.29, 0.717) is 28.3 Å². The number of aliphatic carboxylic acids is 1. The molecular formula is C19H15NO5. The molecular weight excluding hydrogens is 322 g/mol. The number of para-hydroxylation sites is 1. The van der Waals surface area contributed by atoms with E-state index < -0.39 is 12.1 Å². The number of anilines is 1. The lowest BCUT2D eigenvalue weighted by Gasteiger charge is -2.10. The molecule has 2 aromatic rings. The number of ether oxygens (including phenoxy) is 2. The first kappa shape index (κ1) is 15.3. The van der Waals surface area contributed by atoms with Crippen LogP contribution in [-0.2, 0) is 14.3 Å². The van der Waals surface area contributed by atoms with Gasteiger partial charge in [0.2, 0.25) is 0 Å². The normalized spacial score (nSPS) is 20.5. The number of rotatable bonds is 3. The topological polar surface area (TPSA) is 84.9 Å². The van der Waals surface area contributed by atoms with E-state index in [1.54, 1.807) is 25.3 Å². The van der Waals surface area contributed by atoms with E-state index in [-0.39, 0.29) is 12.3 Å². The molecule has 2 aliphatic heterocycles. The first-order valence-electron chi connectivity index (χ1n) is 7.80. The molecule has 0 bridgehead atoms. The van der Waals surface area contributed by atoms with Crippen LogP contribution in [0.15, 0.2) is 42.5 Å². The largest absolute Gasteiger partial charge is 0.497 e. The number of carboxylic acids is 1. The molecule has 6 nitrogen and oxygen atoms in total. The molecule has 1 amide bonds. The van der Waals surface area contributed by atoms with Crippen LogP contribution in [0.3, 0.4) is 0 Å². The van der Waals surface area contributed by atoms with Crippen LogP contribution in [0.2, 0.25) is 0 Å². The van der Waals surface area contributed by atoms with Crippen LogP contribution in [-0.4, -0.2) is 24.1 Å². The van der Waals surface area contributed by atoms with Gasteiger partial charge in [-0.25, -0.2) is 0 Å². The summed E-state index contributed by atoms with van der Waals surface area (Å²) in [6.45, 7) is 0. The van der Waals surface area contributed by atoms with Crippen LogP contribution in [0.25, 0.3) is 11.3 Å². The van der Waals surface area contributed by atoms with Gasteiger partial charge in [0.05, 0.1) is 19.1 Å². The van der Waals surface area contributed by atoms with E-state index in [9.17, 15) is 9.59 Å². The van der Waals surface area contributed by atoms with Crippen molar-refractivity contribution in [3.63, 3.8) is 0 Å². The van der Waals surface area contributed by atoms with Crippen molar-refractivity contribution in [2.24, 2.45) is 0 Å². The summed E-state index contributed by atoms with van der Waals surface area (Å²) < 4.78 is 11.2. The van der Waals surface area contributed by atoms with E-state index in [2.05, 4.69) is 5.32 Å². The van der Waals surface area contributed by atoms with Gasteiger partial charge in [-0.05, 0) is 18.2 Å². The first-order valence-corrected chi connectivity index (χ1v) is 7.80. The van der Waals surface area contributed by atoms with Gasteiger partial charge in [0.15, 0.2) is 0 Å². The molecule has 2 N–H and O–H groups in total. The Morgan fingerprint density at radius 1 is 1.24 bits per heavy atom. The Bertz CT molecular complexity index is 931. The monoisotopic (exact) mass is 337 g/mol. The summed E-state index contributed by atoms with van der Waals surface area (Å²) in [6, 6.07) is 12.7. The van der Waals surface area contributed by atoms with Gasteiger partial charge < -0.3 is 19.9 Å². The van der Waals surface area contributed by atoms with Crippen molar-refractivity contribution in [1.82, 2.24) is 0 Å². The van der Waals surface area contributed by atoms with Crippen LogP contribution < -0.4 is 10.1 Å². The van der Waals surface area contributed by atoms with Gasteiger partial charge in [0.25, 0.3) is 5.91 Å². The van der Waals surface area contributed by atoms with E-state index in [4.69, 9.17) is 14.6 Å². The molecule has 25 heavy (non-hydrogen) atoms. The number of hydrogen-bond donors (Lipinski definition) is 2. The van der Waals surface area contributed by atoms with Crippen LogP contribution in [0.1, 0.15) is 29.2 Å². The highest BCUT2D eigenvalue weighted by atomic mass is 16.5. The van der Waals surface area contributed by atoms with Crippen molar-refractivity contribution in [2.75, 3.05) is 12.4 Å². The Morgan fingerprint density at radius 2 is 2.04 bits per heavy atom. The van der Waals surface area contributed by atoms with Crippen LogP contribution in [0.4, 0.5) is 5.69 Å². The zero-order valence-corrected chi connectivity index (χ0v) is 13.4. The third-order valence-electron chi connectivity index (χ3n) is 4.37. The van der Waals surface area contributed by atoms with Crippen molar-refractivity contribution >= 4 is 28.9 Å². The molecule has 0 aliphatic carbocycles. The maximum atomic E-state index is 12.5. The van der Waals surface area contributed by atoms with Gasteiger partial charge in [0, 0.05) is 22.4 Å². The van der Waals surface area contributed by atoms with Crippen LogP contribution >= 0.6 is 0 Å². The third-order valence-corrected chi connectivity index (χ3v) is 4.37. The molecule has 1 atom stereocenters. The summed E-state index contributed by atoms with van der Waals surface area (Å²) in [5.41, 5.74) is 3.30. The second-order valence-electron chi connectivity index (χ2n) is 5.86. The Labute approximate surface area is 143 Å². The quantitative estimate of drug-likeness (QED) is 0.841. The minimum atomic E-state index is -0.964. The Kier molecular flexibility index (Phi) is 3.46. The molecule has 126 valence electrons. The molecule has 0 saturated heterocycles. The maximum absolute atomic E-state index is 12.5. The number of hydrogen-bond acceptors (Lipinski definition) is 4. The van der Waals surface area contributed by atoms with E-state index >= 15 is 0 Å². The minimum absolute atomic E-state index is 0.181. The average molecular weight is 337 g/mol. The smallest absolute Gasteiger partial charge is 0.307 e. The standard InChI is InChI=1S/C19H15NO5/c1-24-10-6-7-11-13(8-10)18(25-15(11)9-16(21)22)17-12-4-2-3-5-14(12)20-19(17)23/h2-8,15H,9H2,1H3,(H,20,23)(H,21,22). The van der Waals surface area contributed by atoms with Crippen molar-refractivity contribution < 1.29 is 24.2 Å². The molecule has 0 aromatic heterocycles. The molecule has 2 heterocycles. The summed E-state index contributed by atoms with van der Waals surface area (Å²) in [5.74, 6) is -0.221. The highest BCUT2D eigenvalue weighted by Gasteiger charge is 2.37. The summed E-state index contributed by atoms with van der Waals surface area (Å²) in [5, 5.41) is 12.0. The van der Waals surface area contributed by atoms with Crippen LogP contribution in [0.5, 0.6) is 5.75 Å². The lowest BCUT2D eigenvalue weighted by Crippen LogP contribution is -2.07. The second-order valence-corrected chi connectivity index (χ2v) is 5.86. The minimum Gasteiger partial charge on any atom is -0.497 e. The zero-order valence-electron chi connectivity index (χ0n) is 13.4. The molecule has 0 radical (unpaired) electrons. The fourth-order valence-corrected chi connectivity index (χ4v) is 3.26. The summed E-state index contributed by atoms with van der Waals surface area (Å²) in [4.78, 5) is 23.7. The molecule has 6 heteroatoms. The van der Waals surface area contributed by atoms with Gasteiger partial charge >= 0.3 is 5.97 Å². The van der Waals surface area contributed by atoms with Crippen molar-refractivity contribution in [3.8, 4) is 5.75 Å². The van der Waals surface area contributed by atoms with E-state index in [0.717, 1.165) is 11.1 Å². The van der Waals surface area contributed by atoms with Gasteiger partial charge in [-0.15, -0.1) is 0 Å². The molecule has 1 unspecified atom stereocenters. The number of methoxy groups -OCH3 is 1. The molecule has 2 aliphatic rings. The van der Waals surface area contributed by atoms with Crippen molar-refractivity contribution in [2.45, 2.75) is 12.5 Å². The van der Waals surface area contributed by atoms with Crippen molar-refractivity contribution in [1.29, 1.82) is 0 Å². The fraction of sp³-hybridized carbons (Fsp3) is 0.158. The van der Waals surface area contributed by atoms with Crippen LogP contribution in [0, 0.1) is 0 Å².